The molecule has 3 N–H and O–H groups in total. The molecule has 25 heavy (non-hydrogen) atoms. The van der Waals surface area contributed by atoms with Crippen LogP contribution < -0.4 is 0 Å². The Labute approximate surface area is 142 Å². The van der Waals surface area contributed by atoms with Gasteiger partial charge in [0.05, 0.1) is 16.7 Å². The first-order chi connectivity index (χ1) is 11.7. The van der Waals surface area contributed by atoms with Crippen molar-refractivity contribution in [3.8, 4) is 11.5 Å². The highest BCUT2D eigenvalue weighted by atomic mass is 16.3. The van der Waals surface area contributed by atoms with Crippen molar-refractivity contribution < 1.29 is 29.7 Å². The summed E-state index contributed by atoms with van der Waals surface area (Å²) in [5.74, 6) is -2.54. The van der Waals surface area contributed by atoms with E-state index in [4.69, 9.17) is 0 Å². The van der Waals surface area contributed by atoms with E-state index >= 15 is 0 Å². The van der Waals surface area contributed by atoms with Crippen LogP contribution in [-0.4, -0.2) is 38.3 Å². The van der Waals surface area contributed by atoms with Crippen molar-refractivity contribution in [2.45, 2.75) is 25.4 Å². The third-order valence-corrected chi connectivity index (χ3v) is 4.75. The van der Waals surface area contributed by atoms with Crippen molar-refractivity contribution in [1.29, 1.82) is 0 Å². The molecule has 126 valence electrons. The van der Waals surface area contributed by atoms with E-state index in [1.807, 2.05) is 0 Å². The lowest BCUT2D eigenvalue weighted by molar-refractivity contribution is 0.0409. The van der Waals surface area contributed by atoms with Crippen LogP contribution in [0.2, 0.25) is 0 Å². The molecule has 0 saturated heterocycles. The first kappa shape index (κ1) is 15.5. The molecule has 0 aliphatic heterocycles. The van der Waals surface area contributed by atoms with Gasteiger partial charge in [0.2, 0.25) is 5.78 Å². The minimum Gasteiger partial charge on any atom is -0.507 e. The second-order valence-corrected chi connectivity index (χ2v) is 6.81. The fourth-order valence-electron chi connectivity index (χ4n) is 3.77. The maximum atomic E-state index is 12.9. The number of phenols is 2. The Morgan fingerprint density at radius 1 is 0.880 bits per heavy atom. The molecule has 4 rings (SSSR count). The van der Waals surface area contributed by atoms with Crippen LogP contribution in [0.25, 0.3) is 0 Å². The summed E-state index contributed by atoms with van der Waals surface area (Å²) in [7, 11) is 0. The molecule has 0 saturated carbocycles. The molecule has 2 aromatic rings. The Balaban J connectivity index is 2.07. The van der Waals surface area contributed by atoms with Crippen molar-refractivity contribution in [3.05, 3.63) is 57.6 Å². The van der Waals surface area contributed by atoms with Gasteiger partial charge in [-0.05, 0) is 24.6 Å². The van der Waals surface area contributed by atoms with Crippen LogP contribution in [0.15, 0.2) is 24.3 Å². The fraction of sp³-hybridized carbons (Fsp3) is 0.211. The molecule has 2 aliphatic rings. The van der Waals surface area contributed by atoms with Crippen molar-refractivity contribution in [2.24, 2.45) is 0 Å². The summed E-state index contributed by atoms with van der Waals surface area (Å²) < 4.78 is 0. The molecule has 0 radical (unpaired) electrons. The summed E-state index contributed by atoms with van der Waals surface area (Å²) in [4.78, 5) is 38.3. The van der Waals surface area contributed by atoms with Gasteiger partial charge in [0.15, 0.2) is 11.6 Å². The molecule has 0 spiro atoms. The summed E-state index contributed by atoms with van der Waals surface area (Å²) in [5.41, 5.74) is -1.45. The summed E-state index contributed by atoms with van der Waals surface area (Å²) in [6, 6.07) is 5.37. The monoisotopic (exact) mass is 338 g/mol. The molecule has 0 amide bonds. The predicted octanol–water partition coefficient (Wildman–Crippen LogP) is 1.75. The van der Waals surface area contributed by atoms with Crippen LogP contribution in [0, 0.1) is 0 Å². The maximum absolute atomic E-state index is 12.9. The van der Waals surface area contributed by atoms with E-state index in [1.54, 1.807) is 0 Å². The van der Waals surface area contributed by atoms with E-state index < -0.39 is 28.7 Å². The fourth-order valence-corrected chi connectivity index (χ4v) is 3.77. The van der Waals surface area contributed by atoms with Crippen molar-refractivity contribution in [3.63, 3.8) is 0 Å². The number of hydrogen-bond donors (Lipinski definition) is 3. The largest absolute Gasteiger partial charge is 0.507 e. The number of benzene rings is 2. The van der Waals surface area contributed by atoms with E-state index in [0.717, 1.165) is 0 Å². The second kappa shape index (κ2) is 4.77. The first-order valence-corrected chi connectivity index (χ1v) is 7.77. The zero-order valence-electron chi connectivity index (χ0n) is 13.3. The van der Waals surface area contributed by atoms with E-state index in [9.17, 15) is 29.7 Å². The average Bonchev–Trinajstić information content (AvgIpc) is 2.49. The van der Waals surface area contributed by atoms with Crippen molar-refractivity contribution >= 4 is 17.3 Å². The van der Waals surface area contributed by atoms with Gasteiger partial charge in [0, 0.05) is 29.5 Å². The number of rotatable bonds is 0. The number of phenolic OH excluding ortho intramolecular Hbond substituents is 2. The maximum Gasteiger partial charge on any atom is 0.201 e. The minimum atomic E-state index is -1.28. The smallest absolute Gasteiger partial charge is 0.201 e. The Bertz CT molecular complexity index is 999. The number of fused-ring (bicyclic) bond motifs is 4. The van der Waals surface area contributed by atoms with E-state index in [2.05, 4.69) is 0 Å². The lowest BCUT2D eigenvalue weighted by Gasteiger charge is -2.32. The van der Waals surface area contributed by atoms with Crippen LogP contribution in [0.5, 0.6) is 11.5 Å². The molecular weight excluding hydrogens is 324 g/mol. The third-order valence-electron chi connectivity index (χ3n) is 4.75. The molecule has 6 heteroatoms. The van der Waals surface area contributed by atoms with Crippen molar-refractivity contribution in [2.75, 3.05) is 0 Å². The van der Waals surface area contributed by atoms with Crippen LogP contribution in [0.1, 0.15) is 61.1 Å². The molecule has 0 unspecified atom stereocenters. The summed E-state index contributed by atoms with van der Waals surface area (Å²) in [5, 5.41) is 30.5. The Morgan fingerprint density at radius 2 is 1.60 bits per heavy atom. The Kier molecular flexibility index (Phi) is 2.96. The van der Waals surface area contributed by atoms with Gasteiger partial charge >= 0.3 is 0 Å². The molecule has 6 nitrogen and oxygen atoms in total. The zero-order chi connectivity index (χ0) is 18.1. The first-order valence-electron chi connectivity index (χ1n) is 7.77. The normalized spacial score (nSPS) is 21.6. The number of ketones is 3. The van der Waals surface area contributed by atoms with Crippen LogP contribution >= 0.6 is 0 Å². The predicted molar refractivity (Wildman–Crippen MR) is 86.4 cm³/mol. The Hall–Kier alpha value is -2.99. The molecule has 2 aromatic carbocycles. The highest BCUT2D eigenvalue weighted by Crippen LogP contribution is 2.42. The summed E-state index contributed by atoms with van der Waals surface area (Å²) >= 11 is 0. The molecule has 0 fully saturated rings. The van der Waals surface area contributed by atoms with Gasteiger partial charge in [-0.2, -0.15) is 0 Å². The number of carbonyl (C=O) groups excluding carboxylic acids is 3. The number of aliphatic hydroxyl groups is 1. The second-order valence-electron chi connectivity index (χ2n) is 6.81. The van der Waals surface area contributed by atoms with Crippen LogP contribution in [0.3, 0.4) is 0 Å². The summed E-state index contributed by atoms with van der Waals surface area (Å²) in [6.07, 6.45) is -0.0884. The van der Waals surface area contributed by atoms with Gasteiger partial charge in [-0.1, -0.05) is 12.1 Å². The van der Waals surface area contributed by atoms with Gasteiger partial charge in [0.1, 0.15) is 11.5 Å². The molecule has 0 heterocycles. The molecule has 2 aliphatic carbocycles. The molecular formula is C19H14O6. The van der Waals surface area contributed by atoms with Crippen LogP contribution in [0.4, 0.5) is 0 Å². The molecule has 0 bridgehead atoms. The number of carbonyl (C=O) groups is 3. The highest BCUT2D eigenvalue weighted by Gasteiger charge is 2.42. The standard InChI is InChI=1S/C19H14O6/c1-19(25)6-8-5-11(21)15-16(13(8)12(22)7-19)17(23)9-3-2-4-10(20)14(9)18(15)24/h2-5,20-21,25H,6-7H2,1H3/t19-/m1/s1. The third kappa shape index (κ3) is 2.04. The van der Waals surface area contributed by atoms with Gasteiger partial charge < -0.3 is 15.3 Å². The van der Waals surface area contributed by atoms with E-state index in [1.165, 1.54) is 31.2 Å². The minimum absolute atomic E-state index is 0.00423. The van der Waals surface area contributed by atoms with Gasteiger partial charge in [-0.3, -0.25) is 14.4 Å². The van der Waals surface area contributed by atoms with Crippen LogP contribution in [-0.2, 0) is 6.42 Å². The topological polar surface area (TPSA) is 112 Å². The van der Waals surface area contributed by atoms with E-state index in [-0.39, 0.29) is 46.4 Å². The number of aromatic hydroxyl groups is 2. The average molecular weight is 338 g/mol. The Morgan fingerprint density at radius 3 is 2.32 bits per heavy atom. The lowest BCUT2D eigenvalue weighted by atomic mass is 9.73. The number of Topliss-reactive ketones (excluding diaryl/α,β-unsaturated/α-hetero) is 1. The lowest BCUT2D eigenvalue weighted by Crippen LogP contribution is -2.37. The van der Waals surface area contributed by atoms with Gasteiger partial charge in [-0.15, -0.1) is 0 Å². The molecule has 1 atom stereocenters. The van der Waals surface area contributed by atoms with E-state index in [0.29, 0.717) is 5.56 Å². The SMILES string of the molecule is C[C@]1(O)CC(=O)c2c(cc(O)c3c2C(=O)c2cccc(O)c2C3=O)C1. The van der Waals surface area contributed by atoms with Gasteiger partial charge in [-0.25, -0.2) is 0 Å². The molecule has 0 aromatic heterocycles. The van der Waals surface area contributed by atoms with Crippen molar-refractivity contribution in [1.82, 2.24) is 0 Å². The highest BCUT2D eigenvalue weighted by molar-refractivity contribution is 6.32. The quantitative estimate of drug-likeness (QED) is 0.576. The summed E-state index contributed by atoms with van der Waals surface area (Å²) in [6.45, 7) is 1.50. The zero-order valence-corrected chi connectivity index (χ0v) is 13.3. The van der Waals surface area contributed by atoms with Gasteiger partial charge in [0.25, 0.3) is 0 Å². The number of hydrogen-bond acceptors (Lipinski definition) is 6.